The Labute approximate surface area is 172 Å². The summed E-state index contributed by atoms with van der Waals surface area (Å²) in [6.07, 6.45) is 2.70. The first-order valence-corrected chi connectivity index (χ1v) is 9.80. The second-order valence-corrected chi connectivity index (χ2v) is 8.19. The molecule has 0 aliphatic heterocycles. The van der Waals surface area contributed by atoms with Gasteiger partial charge in [-0.15, -0.1) is 0 Å². The summed E-state index contributed by atoms with van der Waals surface area (Å²) in [6, 6.07) is 12.0. The number of carbonyl (C=O) groups excluding carboxylic acids is 1. The fourth-order valence-corrected chi connectivity index (χ4v) is 3.30. The quantitative estimate of drug-likeness (QED) is 0.633. The molecule has 0 spiro atoms. The smallest absolute Gasteiger partial charge is 0.224 e. The maximum absolute atomic E-state index is 12.5. The highest BCUT2D eigenvalue weighted by Gasteiger charge is 2.17. The second kappa shape index (κ2) is 8.60. The molecule has 154 valence electrons. The maximum atomic E-state index is 12.5. The normalized spacial score (nSPS) is 11.5. The van der Waals surface area contributed by atoms with Gasteiger partial charge in [0.15, 0.2) is 11.5 Å². The third-order valence-corrected chi connectivity index (χ3v) is 5.05. The van der Waals surface area contributed by atoms with E-state index in [1.165, 1.54) is 5.56 Å². The van der Waals surface area contributed by atoms with Crippen LogP contribution in [0.25, 0.3) is 11.0 Å². The van der Waals surface area contributed by atoms with Crippen molar-refractivity contribution in [3.8, 4) is 11.5 Å². The molecule has 5 heteroatoms. The predicted molar refractivity (Wildman–Crippen MR) is 115 cm³/mol. The van der Waals surface area contributed by atoms with E-state index in [2.05, 4.69) is 38.2 Å². The zero-order valence-corrected chi connectivity index (χ0v) is 17.8. The van der Waals surface area contributed by atoms with Gasteiger partial charge in [-0.2, -0.15) is 0 Å². The van der Waals surface area contributed by atoms with E-state index in [4.69, 9.17) is 13.9 Å². The van der Waals surface area contributed by atoms with Gasteiger partial charge >= 0.3 is 0 Å². The summed E-state index contributed by atoms with van der Waals surface area (Å²) in [6.45, 7) is 7.08. The minimum atomic E-state index is -0.0191. The van der Waals surface area contributed by atoms with Crippen molar-refractivity contribution in [1.82, 2.24) is 5.32 Å². The van der Waals surface area contributed by atoms with Gasteiger partial charge in [0, 0.05) is 17.5 Å². The molecular weight excluding hydrogens is 366 g/mol. The van der Waals surface area contributed by atoms with Crippen molar-refractivity contribution in [2.75, 3.05) is 20.8 Å². The van der Waals surface area contributed by atoms with Crippen LogP contribution in [0.2, 0.25) is 0 Å². The van der Waals surface area contributed by atoms with Crippen LogP contribution < -0.4 is 14.8 Å². The average Bonchev–Trinajstić information content (AvgIpc) is 3.09. The number of fused-ring (bicyclic) bond motifs is 1. The van der Waals surface area contributed by atoms with Crippen LogP contribution in [0.1, 0.15) is 37.5 Å². The second-order valence-electron chi connectivity index (χ2n) is 8.19. The van der Waals surface area contributed by atoms with Crippen LogP contribution in [0.3, 0.4) is 0 Å². The zero-order valence-electron chi connectivity index (χ0n) is 17.8. The molecule has 0 aliphatic carbocycles. The van der Waals surface area contributed by atoms with Crippen LogP contribution >= 0.6 is 0 Å². The minimum Gasteiger partial charge on any atom is -0.493 e. The zero-order chi connectivity index (χ0) is 21.0. The fraction of sp³-hybridized carbons (Fsp3) is 0.375. The first-order valence-electron chi connectivity index (χ1n) is 9.80. The van der Waals surface area contributed by atoms with Crippen LogP contribution in [-0.4, -0.2) is 26.7 Å². The fourth-order valence-electron chi connectivity index (χ4n) is 3.30. The standard InChI is InChI=1S/C24H29NO4/c1-24(2,3)18-7-9-20-19(14-18)17(15-29-20)13-23(26)25-11-10-16-6-8-21(27-4)22(12-16)28-5/h6-9,12,14-15H,10-11,13H2,1-5H3,(H,25,26). The number of furan rings is 1. The van der Waals surface area contributed by atoms with Crippen LogP contribution in [0.5, 0.6) is 11.5 Å². The van der Waals surface area contributed by atoms with Crippen molar-refractivity contribution in [2.24, 2.45) is 0 Å². The van der Waals surface area contributed by atoms with E-state index in [1.54, 1.807) is 20.5 Å². The molecule has 29 heavy (non-hydrogen) atoms. The van der Waals surface area contributed by atoms with Crippen molar-refractivity contribution in [1.29, 1.82) is 0 Å². The van der Waals surface area contributed by atoms with Crippen LogP contribution in [0, 0.1) is 0 Å². The van der Waals surface area contributed by atoms with Gasteiger partial charge in [-0.1, -0.05) is 32.9 Å². The molecule has 1 amide bonds. The van der Waals surface area contributed by atoms with Crippen LogP contribution in [0.15, 0.2) is 47.1 Å². The Morgan fingerprint density at radius 2 is 1.79 bits per heavy atom. The Balaban J connectivity index is 1.61. The summed E-state index contributed by atoms with van der Waals surface area (Å²) in [5.74, 6) is 1.37. The SMILES string of the molecule is COc1ccc(CCNC(=O)Cc2coc3ccc(C(C)(C)C)cc23)cc1OC. The lowest BCUT2D eigenvalue weighted by Crippen LogP contribution is -2.27. The van der Waals surface area contributed by atoms with Gasteiger partial charge < -0.3 is 19.2 Å². The topological polar surface area (TPSA) is 60.7 Å². The van der Waals surface area contributed by atoms with E-state index in [1.807, 2.05) is 24.3 Å². The molecule has 5 nitrogen and oxygen atoms in total. The number of hydrogen-bond donors (Lipinski definition) is 1. The Bertz CT molecular complexity index is 998. The van der Waals surface area contributed by atoms with Gasteiger partial charge in [-0.25, -0.2) is 0 Å². The Morgan fingerprint density at radius 3 is 2.48 bits per heavy atom. The lowest BCUT2D eigenvalue weighted by Gasteiger charge is -2.18. The summed E-state index contributed by atoms with van der Waals surface area (Å²) in [5, 5.41) is 4.00. The van der Waals surface area contributed by atoms with E-state index >= 15 is 0 Å². The highest BCUT2D eigenvalue weighted by atomic mass is 16.5. The molecule has 0 saturated heterocycles. The van der Waals surface area contributed by atoms with E-state index in [0.717, 1.165) is 22.1 Å². The number of nitrogens with one attached hydrogen (secondary N) is 1. The minimum absolute atomic E-state index is 0.0191. The summed E-state index contributed by atoms with van der Waals surface area (Å²) in [7, 11) is 3.23. The molecule has 3 aromatic rings. The molecular formula is C24H29NO4. The molecule has 0 aliphatic rings. The molecule has 1 aromatic heterocycles. The highest BCUT2D eigenvalue weighted by Crippen LogP contribution is 2.29. The number of benzene rings is 2. The summed E-state index contributed by atoms with van der Waals surface area (Å²) < 4.78 is 16.2. The molecule has 0 saturated carbocycles. The van der Waals surface area contributed by atoms with Gasteiger partial charge in [-0.3, -0.25) is 4.79 Å². The number of hydrogen-bond acceptors (Lipinski definition) is 4. The van der Waals surface area contributed by atoms with Crippen molar-refractivity contribution < 1.29 is 18.7 Å². The monoisotopic (exact) mass is 395 g/mol. The number of amides is 1. The third-order valence-electron chi connectivity index (χ3n) is 5.05. The van der Waals surface area contributed by atoms with Crippen molar-refractivity contribution in [3.63, 3.8) is 0 Å². The molecule has 0 atom stereocenters. The number of ether oxygens (including phenoxy) is 2. The number of rotatable bonds is 7. The summed E-state index contributed by atoms with van der Waals surface area (Å²) in [5.41, 5.74) is 4.07. The van der Waals surface area contributed by atoms with Crippen molar-refractivity contribution in [3.05, 3.63) is 59.4 Å². The van der Waals surface area contributed by atoms with Crippen LogP contribution in [0.4, 0.5) is 0 Å². The number of methoxy groups -OCH3 is 2. The lowest BCUT2D eigenvalue weighted by atomic mass is 9.86. The molecule has 3 rings (SSSR count). The van der Waals surface area contributed by atoms with E-state index < -0.39 is 0 Å². The molecule has 0 unspecified atom stereocenters. The molecule has 0 radical (unpaired) electrons. The Kier molecular flexibility index (Phi) is 6.16. The van der Waals surface area contributed by atoms with E-state index in [-0.39, 0.29) is 11.3 Å². The van der Waals surface area contributed by atoms with Crippen molar-refractivity contribution >= 4 is 16.9 Å². The number of carbonyl (C=O) groups is 1. The molecule has 0 fully saturated rings. The first-order chi connectivity index (χ1) is 13.8. The summed E-state index contributed by atoms with van der Waals surface area (Å²) in [4.78, 5) is 12.5. The van der Waals surface area contributed by atoms with Crippen molar-refractivity contribution in [2.45, 2.75) is 39.0 Å². The molecule has 1 heterocycles. The predicted octanol–water partition coefficient (Wildman–Crippen LogP) is 4.65. The Hall–Kier alpha value is -2.95. The molecule has 0 bridgehead atoms. The van der Waals surface area contributed by atoms with Gasteiger partial charge in [0.25, 0.3) is 0 Å². The first kappa shape index (κ1) is 20.8. The van der Waals surface area contributed by atoms with Gasteiger partial charge in [0.1, 0.15) is 5.58 Å². The third kappa shape index (κ3) is 4.91. The van der Waals surface area contributed by atoms with E-state index in [9.17, 15) is 4.79 Å². The largest absolute Gasteiger partial charge is 0.493 e. The maximum Gasteiger partial charge on any atom is 0.224 e. The average molecular weight is 395 g/mol. The van der Waals surface area contributed by atoms with Gasteiger partial charge in [0.2, 0.25) is 5.91 Å². The molecule has 2 aromatic carbocycles. The molecule has 1 N–H and O–H groups in total. The van der Waals surface area contributed by atoms with Gasteiger partial charge in [-0.05, 0) is 47.2 Å². The van der Waals surface area contributed by atoms with Crippen LogP contribution in [-0.2, 0) is 23.1 Å². The van der Waals surface area contributed by atoms with E-state index in [0.29, 0.717) is 30.9 Å². The highest BCUT2D eigenvalue weighted by molar-refractivity contribution is 5.88. The van der Waals surface area contributed by atoms with Gasteiger partial charge in [0.05, 0.1) is 26.9 Å². The lowest BCUT2D eigenvalue weighted by molar-refractivity contribution is -0.120. The summed E-state index contributed by atoms with van der Waals surface area (Å²) >= 11 is 0. The Morgan fingerprint density at radius 1 is 1.03 bits per heavy atom.